The number of carbonyl (C=O) groups is 2. The molecule has 2 heterocycles. The first-order valence-corrected chi connectivity index (χ1v) is 7.98. The van der Waals surface area contributed by atoms with E-state index in [1.54, 1.807) is 0 Å². The van der Waals surface area contributed by atoms with Crippen LogP contribution in [0, 0.1) is 0 Å². The van der Waals surface area contributed by atoms with Crippen LogP contribution in [0.25, 0.3) is 0 Å². The summed E-state index contributed by atoms with van der Waals surface area (Å²) in [5.41, 5.74) is 0. The van der Waals surface area contributed by atoms with Gasteiger partial charge in [0.2, 0.25) is 11.6 Å². The van der Waals surface area contributed by atoms with Gasteiger partial charge in [0.05, 0.1) is 25.4 Å². The van der Waals surface area contributed by atoms with E-state index in [-0.39, 0.29) is 48.9 Å². The Labute approximate surface area is 204 Å². The third kappa shape index (κ3) is 7.06. The first-order valence-electron chi connectivity index (χ1n) is 7.98. The molecule has 0 bridgehead atoms. The Hall–Kier alpha value is 0.111. The van der Waals surface area contributed by atoms with E-state index in [9.17, 15) is 50.4 Å². The van der Waals surface area contributed by atoms with E-state index in [1.165, 1.54) is 0 Å². The molecule has 0 aromatic heterocycles. The molecule has 0 saturated carbocycles. The summed E-state index contributed by atoms with van der Waals surface area (Å²) in [6.45, 7) is -1.43. The van der Waals surface area contributed by atoms with Crippen LogP contribution >= 0.6 is 0 Å². The van der Waals surface area contributed by atoms with Crippen molar-refractivity contribution in [1.82, 2.24) is 0 Å². The SMILES string of the molecule is O=C([O-])[C@@]1(O)C[C@@H](O)[C@H](O)[C@@H](CO)O1.O=C([O-])[C@@]1(O)C[C@@H](O)[C@H](O)[C@@H](CO)O1.[Ba+2]. The zero-order valence-corrected chi connectivity index (χ0v) is 19.5. The molecule has 2 rings (SSSR count). The van der Waals surface area contributed by atoms with Crippen molar-refractivity contribution < 1.29 is 70.1 Å². The average Bonchev–Trinajstić information content (AvgIpc) is 2.61. The van der Waals surface area contributed by atoms with Crippen LogP contribution in [-0.2, 0) is 19.1 Å². The van der Waals surface area contributed by atoms with E-state index in [1.807, 2.05) is 0 Å². The Morgan fingerprint density at radius 1 is 0.793 bits per heavy atom. The molecule has 0 aromatic rings. The van der Waals surface area contributed by atoms with Gasteiger partial charge in [0.25, 0.3) is 0 Å². The van der Waals surface area contributed by atoms with E-state index in [4.69, 9.17) is 10.2 Å². The summed E-state index contributed by atoms with van der Waals surface area (Å²) in [5, 5.41) is 93.5. The number of aliphatic hydroxyl groups is 8. The molecule has 0 amide bonds. The molecular weight excluding hydrogens is 529 g/mol. The quantitative estimate of drug-likeness (QED) is 0.151. The van der Waals surface area contributed by atoms with E-state index in [2.05, 4.69) is 9.47 Å². The predicted molar refractivity (Wildman–Crippen MR) is 82.8 cm³/mol. The molecule has 164 valence electrons. The summed E-state index contributed by atoms with van der Waals surface area (Å²) in [4.78, 5) is 20.9. The third-order valence-corrected chi connectivity index (χ3v) is 4.21. The minimum atomic E-state index is -2.66. The average molecular weight is 552 g/mol. The molecule has 0 spiro atoms. The molecule has 2 saturated heterocycles. The van der Waals surface area contributed by atoms with Gasteiger partial charge in [0.1, 0.15) is 36.4 Å². The van der Waals surface area contributed by atoms with Crippen molar-refractivity contribution in [3.05, 3.63) is 0 Å². The van der Waals surface area contributed by atoms with E-state index in [0.29, 0.717) is 0 Å². The van der Waals surface area contributed by atoms with Crippen molar-refractivity contribution in [2.45, 2.75) is 61.0 Å². The number of carbonyl (C=O) groups excluding carboxylic acids is 2. The van der Waals surface area contributed by atoms with Crippen LogP contribution in [0.5, 0.6) is 0 Å². The maximum Gasteiger partial charge on any atom is 2.00 e. The maximum absolute atomic E-state index is 10.4. The van der Waals surface area contributed by atoms with Gasteiger partial charge in [0.15, 0.2) is 0 Å². The summed E-state index contributed by atoms with van der Waals surface area (Å²) < 4.78 is 9.00. The standard InChI is InChI=1S/2C7H12O7.Ba/c2*8-2-4-5(10)3(9)1-7(13,14-4)6(11)12;/h2*3-5,8-10,13H,1-2H2,(H,11,12);/q;;+2/p-2/t2*3-,4-,5+,7-;/m11./s1. The molecule has 2 fully saturated rings. The van der Waals surface area contributed by atoms with Crippen LogP contribution in [0.4, 0.5) is 0 Å². The van der Waals surface area contributed by atoms with E-state index >= 15 is 0 Å². The van der Waals surface area contributed by atoms with Gasteiger partial charge in [-0.25, -0.2) is 0 Å². The van der Waals surface area contributed by atoms with Crippen molar-refractivity contribution in [1.29, 1.82) is 0 Å². The summed E-state index contributed by atoms with van der Waals surface area (Å²) in [7, 11) is 0. The Kier molecular flexibility index (Phi) is 11.7. The topological polar surface area (TPSA) is 261 Å². The number of aliphatic hydroxyl groups excluding tert-OH is 6. The third-order valence-electron chi connectivity index (χ3n) is 4.21. The van der Waals surface area contributed by atoms with Crippen molar-refractivity contribution in [3.8, 4) is 0 Å². The number of rotatable bonds is 4. The summed E-state index contributed by atoms with van der Waals surface area (Å²) in [6, 6.07) is 0. The molecule has 2 aliphatic heterocycles. The van der Waals surface area contributed by atoms with Gasteiger partial charge < -0.3 is 70.1 Å². The Morgan fingerprint density at radius 2 is 1.07 bits per heavy atom. The van der Waals surface area contributed by atoms with Crippen molar-refractivity contribution >= 4 is 60.8 Å². The molecule has 15 heteroatoms. The molecular formula is C14H22BaO14. The van der Waals surface area contributed by atoms with E-state index in [0.717, 1.165) is 0 Å². The number of hydrogen-bond donors (Lipinski definition) is 8. The summed E-state index contributed by atoms with van der Waals surface area (Å²) in [5.74, 6) is -9.15. The van der Waals surface area contributed by atoms with Crippen LogP contribution in [-0.4, -0.2) is 163 Å². The molecule has 0 radical (unpaired) electrons. The fourth-order valence-corrected chi connectivity index (χ4v) is 2.59. The molecule has 8 N–H and O–H groups in total. The van der Waals surface area contributed by atoms with Crippen LogP contribution < -0.4 is 10.2 Å². The van der Waals surface area contributed by atoms with Gasteiger partial charge in [-0.15, -0.1) is 0 Å². The van der Waals surface area contributed by atoms with Gasteiger partial charge in [0, 0.05) is 12.8 Å². The van der Waals surface area contributed by atoms with Gasteiger partial charge in [-0.05, 0) is 0 Å². The minimum Gasteiger partial charge on any atom is -0.544 e. The van der Waals surface area contributed by atoms with Crippen LogP contribution in [0.1, 0.15) is 12.8 Å². The van der Waals surface area contributed by atoms with Crippen molar-refractivity contribution in [3.63, 3.8) is 0 Å². The van der Waals surface area contributed by atoms with Gasteiger partial charge in [-0.1, -0.05) is 0 Å². The number of carboxylic acid groups (broad SMARTS) is 2. The van der Waals surface area contributed by atoms with Crippen LogP contribution in [0.15, 0.2) is 0 Å². The van der Waals surface area contributed by atoms with Crippen molar-refractivity contribution in [2.24, 2.45) is 0 Å². The smallest absolute Gasteiger partial charge is 0.544 e. The Balaban J connectivity index is 0.000000523. The number of carboxylic acids is 2. The number of aliphatic carboxylic acids is 2. The largest absolute Gasteiger partial charge is 2.00 e. The van der Waals surface area contributed by atoms with Gasteiger partial charge >= 0.3 is 48.9 Å². The minimum absolute atomic E-state index is 0. The fourth-order valence-electron chi connectivity index (χ4n) is 2.59. The van der Waals surface area contributed by atoms with Gasteiger partial charge in [-0.3, -0.25) is 0 Å². The number of hydrogen-bond acceptors (Lipinski definition) is 14. The van der Waals surface area contributed by atoms with Crippen LogP contribution in [0.2, 0.25) is 0 Å². The normalized spacial score (nSPS) is 42.1. The predicted octanol–water partition coefficient (Wildman–Crippen LogP) is -8.53. The molecule has 14 nitrogen and oxygen atoms in total. The molecule has 29 heavy (non-hydrogen) atoms. The molecule has 8 atom stereocenters. The molecule has 0 aliphatic carbocycles. The monoisotopic (exact) mass is 552 g/mol. The van der Waals surface area contributed by atoms with Crippen LogP contribution in [0.3, 0.4) is 0 Å². The second kappa shape index (κ2) is 11.7. The molecule has 0 unspecified atom stereocenters. The zero-order chi connectivity index (χ0) is 21.9. The van der Waals surface area contributed by atoms with Crippen molar-refractivity contribution in [2.75, 3.05) is 13.2 Å². The van der Waals surface area contributed by atoms with Gasteiger partial charge in [-0.2, -0.15) is 0 Å². The maximum atomic E-state index is 10.4. The van der Waals surface area contributed by atoms with E-state index < -0.39 is 86.2 Å². The molecule has 2 aliphatic rings. The summed E-state index contributed by atoms with van der Waals surface area (Å²) in [6.07, 6.45) is -9.92. The Morgan fingerprint density at radius 3 is 1.28 bits per heavy atom. The Bertz CT molecular complexity index is 514. The first kappa shape index (κ1) is 29.1. The fraction of sp³-hybridized carbons (Fsp3) is 0.857. The second-order valence-electron chi connectivity index (χ2n) is 6.35. The summed E-state index contributed by atoms with van der Waals surface area (Å²) >= 11 is 0. The first-order chi connectivity index (χ1) is 12.8. The second-order valence-corrected chi connectivity index (χ2v) is 6.35. The number of ether oxygens (including phenoxy) is 2. The molecule has 0 aromatic carbocycles. The zero-order valence-electron chi connectivity index (χ0n) is 15.0.